The van der Waals surface area contributed by atoms with E-state index in [4.69, 9.17) is 4.43 Å². The van der Waals surface area contributed by atoms with Gasteiger partial charge in [-0.3, -0.25) is 0 Å². The summed E-state index contributed by atoms with van der Waals surface area (Å²) in [6, 6.07) is 1.42. The number of hydrogen-bond acceptors (Lipinski definition) is 1. The van der Waals surface area contributed by atoms with Crippen molar-refractivity contribution in [2.75, 3.05) is 0 Å². The highest BCUT2D eigenvalue weighted by Gasteiger charge is 2.17. The van der Waals surface area contributed by atoms with Gasteiger partial charge in [0.15, 0.2) is 8.32 Å². The minimum Gasteiger partial charge on any atom is -0.415 e. The van der Waals surface area contributed by atoms with E-state index in [9.17, 15) is 0 Å². The van der Waals surface area contributed by atoms with Crippen LogP contribution in [-0.4, -0.2) is 23.2 Å². The van der Waals surface area contributed by atoms with Crippen LogP contribution in [0.5, 0.6) is 0 Å². The Bertz CT molecular complexity index is 118. The molecule has 0 aromatic rings. The molecule has 0 saturated heterocycles. The minimum absolute atomic E-state index is 0.359. The first-order chi connectivity index (χ1) is 5.31. The third kappa shape index (κ3) is 8.49. The molecule has 0 N–H and O–H groups in total. The summed E-state index contributed by atoms with van der Waals surface area (Å²) in [6.45, 7) is 13.8. The molecule has 0 aliphatic carbocycles. The smallest absolute Gasteiger partial charge is 0.184 e. The van der Waals surface area contributed by atoms with Gasteiger partial charge < -0.3 is 4.43 Å². The fourth-order valence-corrected chi connectivity index (χ4v) is 3.69. The fraction of sp³-hybridized carbons (Fsp3) is 1.00. The lowest BCUT2D eigenvalue weighted by Crippen LogP contribution is -2.30. The molecule has 0 radical (unpaired) electrons. The van der Waals surface area contributed by atoms with E-state index in [0.717, 1.165) is 0 Å². The zero-order valence-electron chi connectivity index (χ0n) is 9.48. The van der Waals surface area contributed by atoms with Crippen LogP contribution in [0.4, 0.5) is 0 Å². The summed E-state index contributed by atoms with van der Waals surface area (Å²) in [5.41, 5.74) is 0. The Morgan fingerprint density at radius 2 is 1.75 bits per heavy atom. The lowest BCUT2D eigenvalue weighted by atomic mass is 10.3. The van der Waals surface area contributed by atoms with Crippen molar-refractivity contribution in [3.8, 4) is 0 Å². The highest BCUT2D eigenvalue weighted by Crippen LogP contribution is 2.12. The number of rotatable bonds is 5. The molecule has 0 aliphatic heterocycles. The van der Waals surface area contributed by atoms with Crippen LogP contribution in [0.3, 0.4) is 0 Å². The molecule has 12 heavy (non-hydrogen) atoms. The Hall–Kier alpha value is 0.394. The van der Waals surface area contributed by atoms with Crippen molar-refractivity contribution in [1.29, 1.82) is 0 Å². The maximum absolute atomic E-state index is 5.95. The van der Waals surface area contributed by atoms with Crippen molar-refractivity contribution in [2.24, 2.45) is 0 Å². The van der Waals surface area contributed by atoms with E-state index < -0.39 is 8.32 Å². The Morgan fingerprint density at radius 1 is 1.25 bits per heavy atom. The molecule has 1 nitrogen and oxygen atoms in total. The predicted molar refractivity (Wildman–Crippen MR) is 62.2 cm³/mol. The Morgan fingerprint density at radius 3 is 2.08 bits per heavy atom. The molecule has 74 valence electrons. The summed E-state index contributed by atoms with van der Waals surface area (Å²) >= 11 is 0. The van der Waals surface area contributed by atoms with Gasteiger partial charge in [-0.15, -0.1) is 0 Å². The van der Waals surface area contributed by atoms with Gasteiger partial charge in [0.05, 0.1) is 0 Å². The molecule has 0 spiro atoms. The molecule has 0 aliphatic rings. The van der Waals surface area contributed by atoms with E-state index in [1.165, 1.54) is 12.5 Å². The lowest BCUT2D eigenvalue weighted by molar-refractivity contribution is 0.209. The molecular formula is C9H24OSi2. The van der Waals surface area contributed by atoms with Gasteiger partial charge in [0, 0.05) is 14.9 Å². The summed E-state index contributed by atoms with van der Waals surface area (Å²) in [5.74, 6) is 0. The van der Waals surface area contributed by atoms with E-state index in [0.29, 0.717) is 6.10 Å². The molecule has 3 heteroatoms. The molecule has 0 amide bonds. The standard InChI is InChI=1S/C9H24OSi2/c1-9(7-8-11(2)3)10-12(4,5)6/h9,11H,7-8H2,1-6H3. The second-order valence-corrected chi connectivity index (χ2v) is 12.8. The van der Waals surface area contributed by atoms with Crippen LogP contribution in [0, 0.1) is 0 Å². The van der Waals surface area contributed by atoms with Gasteiger partial charge in [0.2, 0.25) is 0 Å². The highest BCUT2D eigenvalue weighted by atomic mass is 28.4. The van der Waals surface area contributed by atoms with E-state index in [1.54, 1.807) is 0 Å². The van der Waals surface area contributed by atoms with Crippen LogP contribution in [0.15, 0.2) is 0 Å². The second-order valence-electron chi connectivity index (χ2n) is 5.01. The first-order valence-electron chi connectivity index (χ1n) is 4.99. The lowest BCUT2D eigenvalue weighted by Gasteiger charge is -2.23. The van der Waals surface area contributed by atoms with Crippen LogP contribution >= 0.6 is 0 Å². The average molecular weight is 204 g/mol. The highest BCUT2D eigenvalue weighted by molar-refractivity contribution is 6.69. The average Bonchev–Trinajstić information content (AvgIpc) is 1.79. The van der Waals surface area contributed by atoms with E-state index in [-0.39, 0.29) is 8.80 Å². The first-order valence-corrected chi connectivity index (χ1v) is 11.5. The third-order valence-electron chi connectivity index (χ3n) is 1.71. The van der Waals surface area contributed by atoms with Crippen LogP contribution in [0.1, 0.15) is 13.3 Å². The summed E-state index contributed by atoms with van der Waals surface area (Å²) in [7, 11) is -1.64. The van der Waals surface area contributed by atoms with E-state index >= 15 is 0 Å². The molecule has 0 bridgehead atoms. The predicted octanol–water partition coefficient (Wildman–Crippen LogP) is 3.10. The van der Waals surface area contributed by atoms with Gasteiger partial charge in [0.1, 0.15) is 0 Å². The Labute approximate surface area is 80.3 Å². The summed E-state index contributed by atoms with van der Waals surface area (Å²) in [5, 5.41) is 0. The molecule has 0 aromatic carbocycles. The van der Waals surface area contributed by atoms with Crippen molar-refractivity contribution in [3.05, 3.63) is 0 Å². The van der Waals surface area contributed by atoms with E-state index in [1.807, 2.05) is 0 Å². The van der Waals surface area contributed by atoms with Crippen molar-refractivity contribution >= 4 is 17.1 Å². The minimum atomic E-state index is -1.28. The van der Waals surface area contributed by atoms with Gasteiger partial charge in [-0.2, -0.15) is 0 Å². The van der Waals surface area contributed by atoms with Crippen LogP contribution < -0.4 is 0 Å². The van der Waals surface area contributed by atoms with E-state index in [2.05, 4.69) is 39.7 Å². The van der Waals surface area contributed by atoms with Crippen LogP contribution in [0.2, 0.25) is 38.8 Å². The third-order valence-corrected chi connectivity index (χ3v) is 4.30. The molecule has 1 unspecified atom stereocenters. The monoisotopic (exact) mass is 204 g/mol. The summed E-state index contributed by atoms with van der Waals surface area (Å²) < 4.78 is 5.95. The Balaban J connectivity index is 3.53. The second kappa shape index (κ2) is 5.19. The maximum atomic E-state index is 5.95. The fourth-order valence-electron chi connectivity index (χ4n) is 1.23. The van der Waals surface area contributed by atoms with Crippen LogP contribution in [0.25, 0.3) is 0 Å². The number of hydrogen-bond donors (Lipinski definition) is 0. The first kappa shape index (κ1) is 12.4. The maximum Gasteiger partial charge on any atom is 0.184 e. The summed E-state index contributed by atoms with van der Waals surface area (Å²) in [6.07, 6.45) is 1.76. The van der Waals surface area contributed by atoms with Crippen molar-refractivity contribution in [1.82, 2.24) is 0 Å². The largest absolute Gasteiger partial charge is 0.415 e. The zero-order valence-corrected chi connectivity index (χ0v) is 11.6. The zero-order chi connectivity index (χ0) is 9.78. The molecule has 0 heterocycles. The topological polar surface area (TPSA) is 9.23 Å². The molecular weight excluding hydrogens is 180 g/mol. The molecule has 0 saturated carbocycles. The molecule has 1 atom stereocenters. The van der Waals surface area contributed by atoms with Gasteiger partial charge in [-0.25, -0.2) is 0 Å². The van der Waals surface area contributed by atoms with Crippen molar-refractivity contribution in [2.45, 2.75) is 58.2 Å². The summed E-state index contributed by atoms with van der Waals surface area (Å²) in [4.78, 5) is 0. The normalized spacial score (nSPS) is 15.2. The van der Waals surface area contributed by atoms with Crippen LogP contribution in [-0.2, 0) is 4.43 Å². The SMILES string of the molecule is CC(CC[SiH](C)C)O[Si](C)(C)C. The molecule has 0 rings (SSSR count). The van der Waals surface area contributed by atoms with Gasteiger partial charge >= 0.3 is 0 Å². The molecule has 0 aromatic heterocycles. The van der Waals surface area contributed by atoms with Gasteiger partial charge in [0.25, 0.3) is 0 Å². The van der Waals surface area contributed by atoms with Crippen molar-refractivity contribution < 1.29 is 4.43 Å². The van der Waals surface area contributed by atoms with Gasteiger partial charge in [-0.1, -0.05) is 19.1 Å². The quantitative estimate of drug-likeness (QED) is 0.625. The molecule has 0 fully saturated rings. The Kier molecular flexibility index (Phi) is 5.36. The van der Waals surface area contributed by atoms with Gasteiger partial charge in [-0.05, 0) is 33.0 Å². The van der Waals surface area contributed by atoms with Crippen molar-refractivity contribution in [3.63, 3.8) is 0 Å².